The van der Waals surface area contributed by atoms with Crippen molar-refractivity contribution in [2.45, 2.75) is 13.3 Å². The molecule has 0 radical (unpaired) electrons. The Morgan fingerprint density at radius 2 is 1.75 bits per heavy atom. The fraction of sp³-hybridized carbons (Fsp3) is 0.818. The summed E-state index contributed by atoms with van der Waals surface area (Å²) in [6.07, 6.45) is 1.83. The second kappa shape index (κ2) is 13.8. The maximum Gasteiger partial charge on any atom is 0.209 e. The second-order valence-electron chi connectivity index (χ2n) is 3.68. The average Bonchev–Trinajstić information content (AvgIpc) is 2.23. The zero-order valence-electron chi connectivity index (χ0n) is 11.1. The predicted molar refractivity (Wildman–Crippen MR) is 68.2 cm³/mol. The molecule has 0 aromatic carbocycles. The van der Waals surface area contributed by atoms with Gasteiger partial charge in [-0.1, -0.05) is 0 Å². The molecule has 0 aliphatic carbocycles. The molecule has 0 aliphatic rings. The molecule has 94 valence electrons. The van der Waals surface area contributed by atoms with Crippen LogP contribution in [0, 0.1) is 0 Å². The Hall–Kier alpha value is -1.19. The minimum Gasteiger partial charge on any atom is -0.351 e. The number of hydrogen-bond acceptors (Lipinski definition) is 4. The third kappa shape index (κ3) is 23.0. The second-order valence-corrected chi connectivity index (χ2v) is 3.68. The van der Waals surface area contributed by atoms with Crippen LogP contribution in [0.15, 0.2) is 9.98 Å². The first-order valence-corrected chi connectivity index (χ1v) is 5.39. The summed E-state index contributed by atoms with van der Waals surface area (Å²) >= 11 is 0. The molecule has 0 aromatic rings. The molecule has 0 atom stereocenters. The van der Waals surface area contributed by atoms with Crippen LogP contribution in [0.5, 0.6) is 0 Å². The third-order valence-electron chi connectivity index (χ3n) is 1.39. The number of carbonyl (C=O) groups is 1. The molecule has 1 amide bonds. The van der Waals surface area contributed by atoms with E-state index in [1.165, 1.54) is 4.90 Å². The normalized spacial score (nSPS) is 8.62. The highest BCUT2D eigenvalue weighted by molar-refractivity contribution is 5.45. The molecule has 0 heterocycles. The van der Waals surface area contributed by atoms with Crippen molar-refractivity contribution < 1.29 is 4.79 Å². The zero-order chi connectivity index (χ0) is 12.8. The molecule has 0 N–H and O–H groups in total. The van der Waals surface area contributed by atoms with Crippen LogP contribution in [0.1, 0.15) is 13.3 Å². The summed E-state index contributed by atoms with van der Waals surface area (Å²) in [5.41, 5.74) is 0. The Bertz CT molecular complexity index is 208. The molecule has 16 heavy (non-hydrogen) atoms. The van der Waals surface area contributed by atoms with Crippen LogP contribution in [-0.4, -0.2) is 70.0 Å². The van der Waals surface area contributed by atoms with E-state index in [0.29, 0.717) is 0 Å². The Balaban J connectivity index is 0. The maximum absolute atomic E-state index is 9.43. The van der Waals surface area contributed by atoms with Gasteiger partial charge in [0.25, 0.3) is 0 Å². The average molecular weight is 228 g/mol. The van der Waals surface area contributed by atoms with E-state index in [1.807, 2.05) is 6.92 Å². The number of carbonyl (C=O) groups excluding carboxylic acids is 1. The lowest BCUT2D eigenvalue weighted by Gasteiger charge is -2.05. The van der Waals surface area contributed by atoms with E-state index in [2.05, 4.69) is 35.0 Å². The molecule has 0 spiro atoms. The minimum absolute atomic E-state index is 0.750. The molecule has 0 saturated carbocycles. The van der Waals surface area contributed by atoms with Gasteiger partial charge in [-0.3, -0.25) is 4.79 Å². The van der Waals surface area contributed by atoms with Gasteiger partial charge in [-0.15, -0.1) is 0 Å². The Morgan fingerprint density at radius 1 is 1.19 bits per heavy atom. The fourth-order valence-corrected chi connectivity index (χ4v) is 0.637. The van der Waals surface area contributed by atoms with Crippen LogP contribution in [0.4, 0.5) is 0 Å². The van der Waals surface area contributed by atoms with E-state index in [0.717, 1.165) is 32.5 Å². The molecule has 5 heteroatoms. The lowest BCUT2D eigenvalue weighted by molar-refractivity contribution is -0.115. The highest BCUT2D eigenvalue weighted by Gasteiger charge is 1.86. The molecule has 0 bridgehead atoms. The molecule has 0 rings (SSSR count). The summed E-state index contributed by atoms with van der Waals surface area (Å²) < 4.78 is 0. The standard InChI is InChI=1S/C8H17N3.C3H7NO/c1-4-9-8-10-6-5-7-11(2)3;1-4(2)3-5/h4-7H2,1-3H3;3H,1-2H3. The predicted octanol–water partition coefficient (Wildman–Crippen LogP) is 0.836. The number of nitrogens with zero attached hydrogens (tertiary/aromatic N) is 4. The third-order valence-corrected chi connectivity index (χ3v) is 1.39. The number of hydrogen-bond donors (Lipinski definition) is 0. The van der Waals surface area contributed by atoms with Crippen molar-refractivity contribution in [3.05, 3.63) is 0 Å². The fourth-order valence-electron chi connectivity index (χ4n) is 0.637. The summed E-state index contributed by atoms with van der Waals surface area (Å²) in [5.74, 6) is 0. The zero-order valence-corrected chi connectivity index (χ0v) is 11.1. The van der Waals surface area contributed by atoms with Crippen molar-refractivity contribution >= 4 is 12.4 Å². The minimum atomic E-state index is 0.750. The van der Waals surface area contributed by atoms with Gasteiger partial charge in [0.15, 0.2) is 0 Å². The van der Waals surface area contributed by atoms with E-state index in [1.54, 1.807) is 14.1 Å². The van der Waals surface area contributed by atoms with E-state index in [4.69, 9.17) is 0 Å². The monoisotopic (exact) mass is 228 g/mol. The smallest absolute Gasteiger partial charge is 0.209 e. The number of aliphatic imine (C=N–C) groups is 2. The van der Waals surface area contributed by atoms with Crippen LogP contribution >= 0.6 is 0 Å². The topological polar surface area (TPSA) is 48.3 Å². The van der Waals surface area contributed by atoms with Crippen LogP contribution in [0.2, 0.25) is 0 Å². The summed E-state index contributed by atoms with van der Waals surface area (Å²) in [7, 11) is 7.49. The van der Waals surface area contributed by atoms with Crippen LogP contribution in [0.3, 0.4) is 0 Å². The summed E-state index contributed by atoms with van der Waals surface area (Å²) in [6.45, 7) is 4.67. The summed E-state index contributed by atoms with van der Waals surface area (Å²) in [6, 6.07) is 2.64. The first kappa shape index (κ1) is 17.2. The van der Waals surface area contributed by atoms with Gasteiger partial charge in [-0.25, -0.2) is 9.98 Å². The lowest BCUT2D eigenvalue weighted by Crippen LogP contribution is -2.13. The van der Waals surface area contributed by atoms with Crippen molar-refractivity contribution in [1.82, 2.24) is 9.80 Å². The van der Waals surface area contributed by atoms with Crippen LogP contribution < -0.4 is 0 Å². The molecule has 0 aromatic heterocycles. The summed E-state index contributed by atoms with van der Waals surface area (Å²) in [5, 5.41) is 0. The quantitative estimate of drug-likeness (QED) is 0.384. The van der Waals surface area contributed by atoms with Crippen LogP contribution in [-0.2, 0) is 4.79 Å². The summed E-state index contributed by atoms with van der Waals surface area (Å²) in [4.78, 5) is 20.9. The van der Waals surface area contributed by atoms with Gasteiger partial charge >= 0.3 is 0 Å². The first-order chi connectivity index (χ1) is 7.54. The molecule has 0 aliphatic heterocycles. The molecular formula is C11H24N4O. The molecule has 0 saturated heterocycles. The van der Waals surface area contributed by atoms with Crippen molar-refractivity contribution in [1.29, 1.82) is 0 Å². The Morgan fingerprint density at radius 3 is 2.12 bits per heavy atom. The van der Waals surface area contributed by atoms with Crippen molar-refractivity contribution in [2.75, 3.05) is 47.8 Å². The highest BCUT2D eigenvalue weighted by atomic mass is 16.1. The van der Waals surface area contributed by atoms with Crippen LogP contribution in [0.25, 0.3) is 0 Å². The molecule has 0 fully saturated rings. The SMILES string of the molecule is CCN=C=NCCCN(C)C.CN(C)C=O. The van der Waals surface area contributed by atoms with E-state index in [-0.39, 0.29) is 0 Å². The van der Waals surface area contributed by atoms with Gasteiger partial charge in [0.1, 0.15) is 0 Å². The van der Waals surface area contributed by atoms with Crippen molar-refractivity contribution in [3.63, 3.8) is 0 Å². The van der Waals surface area contributed by atoms with Gasteiger partial charge in [-0.2, -0.15) is 0 Å². The lowest BCUT2D eigenvalue weighted by atomic mass is 10.4. The highest BCUT2D eigenvalue weighted by Crippen LogP contribution is 1.82. The van der Waals surface area contributed by atoms with E-state index < -0.39 is 0 Å². The Kier molecular flexibility index (Phi) is 14.9. The molecular weight excluding hydrogens is 204 g/mol. The Labute approximate surface area is 98.9 Å². The van der Waals surface area contributed by atoms with E-state index in [9.17, 15) is 4.79 Å². The maximum atomic E-state index is 9.43. The van der Waals surface area contributed by atoms with Gasteiger partial charge in [0, 0.05) is 20.6 Å². The van der Waals surface area contributed by atoms with Gasteiger partial charge < -0.3 is 9.80 Å². The molecule has 0 unspecified atom stereocenters. The van der Waals surface area contributed by atoms with Gasteiger partial charge in [-0.05, 0) is 34.0 Å². The van der Waals surface area contributed by atoms with Gasteiger partial charge in [0.05, 0.1) is 12.6 Å². The van der Waals surface area contributed by atoms with Crippen molar-refractivity contribution in [2.24, 2.45) is 9.98 Å². The number of amides is 1. The van der Waals surface area contributed by atoms with E-state index >= 15 is 0 Å². The first-order valence-electron chi connectivity index (χ1n) is 5.39. The number of rotatable bonds is 6. The van der Waals surface area contributed by atoms with Gasteiger partial charge in [0.2, 0.25) is 6.41 Å². The molecule has 5 nitrogen and oxygen atoms in total. The van der Waals surface area contributed by atoms with Crippen molar-refractivity contribution in [3.8, 4) is 0 Å². The largest absolute Gasteiger partial charge is 0.351 e.